The topological polar surface area (TPSA) is 80.8 Å². The van der Waals surface area contributed by atoms with Gasteiger partial charge in [0.15, 0.2) is 12.4 Å². The van der Waals surface area contributed by atoms with Crippen LogP contribution in [-0.2, 0) is 27.6 Å². The summed E-state index contributed by atoms with van der Waals surface area (Å²) in [5.74, 6) is -1.01. The zero-order chi connectivity index (χ0) is 21.9. The number of sulfonamides is 1. The lowest BCUT2D eigenvalue weighted by molar-refractivity contribution is 0.0474. The van der Waals surface area contributed by atoms with Crippen molar-refractivity contribution in [2.75, 3.05) is 13.7 Å². The first-order valence-electron chi connectivity index (χ1n) is 10.1. The van der Waals surface area contributed by atoms with Crippen LogP contribution >= 0.6 is 0 Å². The number of carbonyl (C=O) groups is 2. The van der Waals surface area contributed by atoms with Gasteiger partial charge in [-0.1, -0.05) is 18.2 Å². The van der Waals surface area contributed by atoms with E-state index in [1.165, 1.54) is 53.2 Å². The van der Waals surface area contributed by atoms with Crippen molar-refractivity contribution in [1.82, 2.24) is 4.31 Å². The second kappa shape index (κ2) is 9.10. The Labute approximate surface area is 177 Å². The van der Waals surface area contributed by atoms with Gasteiger partial charge < -0.3 is 4.74 Å². The molecule has 0 saturated heterocycles. The lowest BCUT2D eigenvalue weighted by Crippen LogP contribution is -2.33. The first-order chi connectivity index (χ1) is 14.2. The Balaban J connectivity index is 1.69. The largest absolute Gasteiger partial charge is 0.454 e. The van der Waals surface area contributed by atoms with Gasteiger partial charge in [0.05, 0.1) is 10.5 Å². The summed E-state index contributed by atoms with van der Waals surface area (Å²) in [6.45, 7) is 3.14. The minimum Gasteiger partial charge on any atom is -0.454 e. The van der Waals surface area contributed by atoms with Crippen LogP contribution in [0.4, 0.5) is 0 Å². The molecule has 0 unspecified atom stereocenters. The number of hydrogen-bond donors (Lipinski definition) is 0. The Hall–Kier alpha value is -2.51. The fraction of sp³-hybridized carbons (Fsp3) is 0.391. The fourth-order valence-corrected chi connectivity index (χ4v) is 4.85. The standard InChI is InChI=1S/C23H27NO5S/c1-16(2)24(3)30(27,28)21-10-6-9-20(14-21)23(26)29-15-22(25)19-12-11-17-7-4-5-8-18(17)13-19/h6,9-14,16H,4-5,7-8,15H2,1-3H3. The van der Waals surface area contributed by atoms with Gasteiger partial charge in [0.1, 0.15) is 0 Å². The van der Waals surface area contributed by atoms with Crippen LogP contribution < -0.4 is 0 Å². The molecule has 0 aromatic heterocycles. The predicted octanol–water partition coefficient (Wildman–Crippen LogP) is 3.63. The van der Waals surface area contributed by atoms with Crippen LogP contribution in [0.2, 0.25) is 0 Å². The average Bonchev–Trinajstić information content (AvgIpc) is 2.76. The summed E-state index contributed by atoms with van der Waals surface area (Å²) in [5.41, 5.74) is 3.08. The van der Waals surface area contributed by atoms with Gasteiger partial charge in [0.25, 0.3) is 0 Å². The first-order valence-corrected chi connectivity index (χ1v) is 11.5. The van der Waals surface area contributed by atoms with Crippen LogP contribution in [-0.4, -0.2) is 44.2 Å². The molecular formula is C23H27NO5S. The van der Waals surface area contributed by atoms with Gasteiger partial charge in [-0.25, -0.2) is 13.2 Å². The maximum absolute atomic E-state index is 12.6. The molecule has 6 nitrogen and oxygen atoms in total. The lowest BCUT2D eigenvalue weighted by Gasteiger charge is -2.21. The number of nitrogens with zero attached hydrogens (tertiary/aromatic N) is 1. The van der Waals surface area contributed by atoms with Crippen LogP contribution in [0.3, 0.4) is 0 Å². The van der Waals surface area contributed by atoms with Crippen LogP contribution in [0.5, 0.6) is 0 Å². The van der Waals surface area contributed by atoms with Crippen molar-refractivity contribution in [3.8, 4) is 0 Å². The van der Waals surface area contributed by atoms with Gasteiger partial charge in [-0.3, -0.25) is 4.79 Å². The SMILES string of the molecule is CC(C)N(C)S(=O)(=O)c1cccc(C(=O)OCC(=O)c2ccc3c(c2)CCCC3)c1. The van der Waals surface area contributed by atoms with Gasteiger partial charge in [0.2, 0.25) is 10.0 Å². The van der Waals surface area contributed by atoms with Gasteiger partial charge in [-0.2, -0.15) is 4.31 Å². The highest BCUT2D eigenvalue weighted by molar-refractivity contribution is 7.89. The number of hydrogen-bond acceptors (Lipinski definition) is 5. The molecule has 0 fully saturated rings. The number of fused-ring (bicyclic) bond motifs is 1. The van der Waals surface area contributed by atoms with E-state index >= 15 is 0 Å². The Bertz CT molecular complexity index is 1060. The molecule has 0 heterocycles. The third-order valence-corrected chi connectivity index (χ3v) is 7.51. The Kier molecular flexibility index (Phi) is 6.73. The molecular weight excluding hydrogens is 402 g/mol. The van der Waals surface area contributed by atoms with E-state index in [4.69, 9.17) is 4.74 Å². The monoisotopic (exact) mass is 429 g/mol. The summed E-state index contributed by atoms with van der Waals surface area (Å²) in [4.78, 5) is 24.9. The highest BCUT2D eigenvalue weighted by Crippen LogP contribution is 2.23. The molecule has 0 amide bonds. The predicted molar refractivity (Wildman–Crippen MR) is 114 cm³/mol. The maximum Gasteiger partial charge on any atom is 0.338 e. The van der Waals surface area contributed by atoms with E-state index in [-0.39, 0.29) is 28.9 Å². The molecule has 1 aliphatic rings. The second-order valence-corrected chi connectivity index (χ2v) is 9.83. The summed E-state index contributed by atoms with van der Waals surface area (Å²) in [6, 6.07) is 11.1. The summed E-state index contributed by atoms with van der Waals surface area (Å²) in [5, 5.41) is 0. The van der Waals surface area contributed by atoms with Gasteiger partial charge in [-0.05, 0) is 74.9 Å². The second-order valence-electron chi connectivity index (χ2n) is 7.83. The van der Waals surface area contributed by atoms with E-state index in [9.17, 15) is 18.0 Å². The summed E-state index contributed by atoms with van der Waals surface area (Å²) in [7, 11) is -2.23. The lowest BCUT2D eigenvalue weighted by atomic mass is 9.90. The van der Waals surface area contributed by atoms with E-state index in [1.54, 1.807) is 19.9 Å². The van der Waals surface area contributed by atoms with Crippen molar-refractivity contribution in [3.05, 3.63) is 64.7 Å². The molecule has 2 aromatic carbocycles. The summed E-state index contributed by atoms with van der Waals surface area (Å²) < 4.78 is 31.7. The number of ketones is 1. The zero-order valence-electron chi connectivity index (χ0n) is 17.6. The normalized spacial score (nSPS) is 13.9. The zero-order valence-corrected chi connectivity index (χ0v) is 18.4. The Morgan fingerprint density at radius 1 is 1.00 bits per heavy atom. The molecule has 3 rings (SSSR count). The molecule has 7 heteroatoms. The van der Waals surface area contributed by atoms with Gasteiger partial charge >= 0.3 is 5.97 Å². The Morgan fingerprint density at radius 2 is 1.70 bits per heavy atom. The van der Waals surface area contributed by atoms with Crippen molar-refractivity contribution >= 4 is 21.8 Å². The number of carbonyl (C=O) groups excluding carboxylic acids is 2. The molecule has 0 radical (unpaired) electrons. The number of benzene rings is 2. The van der Waals surface area contributed by atoms with Gasteiger partial charge in [-0.15, -0.1) is 0 Å². The molecule has 0 N–H and O–H groups in total. The van der Waals surface area contributed by atoms with E-state index in [0.717, 1.165) is 19.3 Å². The summed E-state index contributed by atoms with van der Waals surface area (Å²) in [6.07, 6.45) is 4.27. The van der Waals surface area contributed by atoms with Crippen LogP contribution in [0.15, 0.2) is 47.4 Å². The third kappa shape index (κ3) is 4.79. The molecule has 2 aromatic rings. The number of aryl methyl sites for hydroxylation is 2. The van der Waals surface area contributed by atoms with E-state index in [2.05, 4.69) is 0 Å². The smallest absolute Gasteiger partial charge is 0.338 e. The molecule has 30 heavy (non-hydrogen) atoms. The van der Waals surface area contributed by atoms with E-state index < -0.39 is 16.0 Å². The molecule has 0 aliphatic heterocycles. The Morgan fingerprint density at radius 3 is 2.40 bits per heavy atom. The van der Waals surface area contributed by atoms with Crippen molar-refractivity contribution < 1.29 is 22.7 Å². The third-order valence-electron chi connectivity index (χ3n) is 5.48. The fourth-order valence-electron chi connectivity index (χ4n) is 3.43. The van der Waals surface area contributed by atoms with E-state index in [0.29, 0.717) is 5.56 Å². The molecule has 0 spiro atoms. The number of ether oxygens (including phenoxy) is 1. The minimum absolute atomic E-state index is 0.00849. The highest BCUT2D eigenvalue weighted by atomic mass is 32.2. The maximum atomic E-state index is 12.6. The average molecular weight is 430 g/mol. The molecule has 0 saturated carbocycles. The number of rotatable bonds is 7. The summed E-state index contributed by atoms with van der Waals surface area (Å²) >= 11 is 0. The van der Waals surface area contributed by atoms with Crippen LogP contribution in [0.1, 0.15) is 58.5 Å². The molecule has 0 atom stereocenters. The van der Waals surface area contributed by atoms with Gasteiger partial charge in [0, 0.05) is 18.7 Å². The number of esters is 1. The minimum atomic E-state index is -3.72. The molecule has 0 bridgehead atoms. The highest BCUT2D eigenvalue weighted by Gasteiger charge is 2.24. The van der Waals surface area contributed by atoms with Crippen molar-refractivity contribution in [2.45, 2.75) is 50.5 Å². The van der Waals surface area contributed by atoms with Crippen molar-refractivity contribution in [2.24, 2.45) is 0 Å². The van der Waals surface area contributed by atoms with Crippen molar-refractivity contribution in [3.63, 3.8) is 0 Å². The van der Waals surface area contributed by atoms with Crippen molar-refractivity contribution in [1.29, 1.82) is 0 Å². The molecule has 160 valence electrons. The van der Waals surface area contributed by atoms with Crippen LogP contribution in [0.25, 0.3) is 0 Å². The molecule has 1 aliphatic carbocycles. The van der Waals surface area contributed by atoms with E-state index in [1.807, 2.05) is 12.1 Å². The number of Topliss-reactive ketones (excluding diaryl/α,β-unsaturated/α-hetero) is 1. The quantitative estimate of drug-likeness (QED) is 0.496. The first kappa shape index (κ1) is 22.2. The van der Waals surface area contributed by atoms with Crippen LogP contribution in [0, 0.1) is 0 Å².